The number of hydrogen-bond acceptors (Lipinski definition) is 1. The van der Waals surface area contributed by atoms with Crippen LogP contribution in [0.15, 0.2) is 30.3 Å². The van der Waals surface area contributed by atoms with Gasteiger partial charge in [0.05, 0.1) is 0 Å². The van der Waals surface area contributed by atoms with Gasteiger partial charge in [0, 0.05) is 0 Å². The Labute approximate surface area is 105 Å². The minimum absolute atomic E-state index is 0.111. The fourth-order valence-corrected chi connectivity index (χ4v) is 8.72. The Morgan fingerprint density at radius 2 is 1.88 bits per heavy atom. The first-order valence-electron chi connectivity index (χ1n) is 5.86. The number of aliphatic hydroxyl groups excluding tert-OH is 1. The van der Waals surface area contributed by atoms with Crippen molar-refractivity contribution in [3.8, 4) is 0 Å². The maximum absolute atomic E-state index is 9.93. The van der Waals surface area contributed by atoms with Crippen molar-refractivity contribution in [1.29, 1.82) is 0 Å². The molecule has 16 heavy (non-hydrogen) atoms. The van der Waals surface area contributed by atoms with Crippen LogP contribution in [0.5, 0.6) is 0 Å². The molecule has 0 aromatic heterocycles. The van der Waals surface area contributed by atoms with Gasteiger partial charge in [0.15, 0.2) is 0 Å². The summed E-state index contributed by atoms with van der Waals surface area (Å²) in [5.41, 5.74) is -0.587. The molecular weight excluding hydrogens is 282 g/mol. The third-order valence-electron chi connectivity index (χ3n) is 3.70. The van der Waals surface area contributed by atoms with Crippen LogP contribution in [0.4, 0.5) is 0 Å². The summed E-state index contributed by atoms with van der Waals surface area (Å²) in [6, 6.07) is 10.8. The summed E-state index contributed by atoms with van der Waals surface area (Å²) < 4.78 is 0. The molecule has 3 heteroatoms. The van der Waals surface area contributed by atoms with Crippen molar-refractivity contribution < 1.29 is 5.11 Å². The number of aliphatic hydroxyl groups is 1. The fourth-order valence-electron chi connectivity index (χ4n) is 2.52. The fraction of sp³-hybridized carbons (Fsp3) is 0.538. The molecule has 0 radical (unpaired) electrons. The maximum atomic E-state index is 9.93. The third kappa shape index (κ3) is 2.22. The summed E-state index contributed by atoms with van der Waals surface area (Å²) in [7, 11) is 0. The van der Waals surface area contributed by atoms with Gasteiger partial charge >= 0.3 is 105 Å². The van der Waals surface area contributed by atoms with Crippen LogP contribution in [0.1, 0.15) is 20.3 Å². The Morgan fingerprint density at radius 1 is 1.25 bits per heavy atom. The van der Waals surface area contributed by atoms with Crippen molar-refractivity contribution >= 4 is 25.9 Å². The average molecular weight is 301 g/mol. The van der Waals surface area contributed by atoms with Crippen molar-refractivity contribution in [1.82, 2.24) is 0 Å². The molecule has 1 heterocycles. The van der Waals surface area contributed by atoms with E-state index in [1.807, 2.05) is 0 Å². The van der Waals surface area contributed by atoms with Crippen LogP contribution in [0.3, 0.4) is 0 Å². The van der Waals surface area contributed by atoms with Gasteiger partial charge in [-0.1, -0.05) is 0 Å². The molecular formula is C13H19OPSe. The van der Waals surface area contributed by atoms with Gasteiger partial charge in [-0.2, -0.15) is 0 Å². The third-order valence-corrected chi connectivity index (χ3v) is 12.2. The second-order valence-electron chi connectivity index (χ2n) is 4.94. The summed E-state index contributed by atoms with van der Waals surface area (Å²) in [6.07, 6.45) is 1.97. The molecule has 1 aliphatic heterocycles. The number of rotatable bonds is 1. The molecule has 2 rings (SSSR count). The van der Waals surface area contributed by atoms with E-state index in [1.165, 1.54) is 5.30 Å². The van der Waals surface area contributed by atoms with Crippen molar-refractivity contribution in [2.24, 2.45) is 5.92 Å². The van der Waals surface area contributed by atoms with E-state index in [9.17, 15) is 5.11 Å². The topological polar surface area (TPSA) is 20.2 Å². The van der Waals surface area contributed by atoms with Crippen molar-refractivity contribution in [3.05, 3.63) is 30.3 Å². The Bertz CT molecular complexity index is 404. The van der Waals surface area contributed by atoms with Gasteiger partial charge < -0.3 is 0 Å². The molecule has 1 nitrogen and oxygen atoms in total. The van der Waals surface area contributed by atoms with Crippen LogP contribution in [0, 0.1) is 5.92 Å². The van der Waals surface area contributed by atoms with E-state index in [0.29, 0.717) is 11.6 Å². The molecule has 0 saturated carbocycles. The van der Waals surface area contributed by atoms with Gasteiger partial charge in [-0.05, 0) is 0 Å². The van der Waals surface area contributed by atoms with Crippen LogP contribution >= 0.6 is 5.51 Å². The van der Waals surface area contributed by atoms with Crippen LogP contribution in [-0.2, 0) is 0 Å². The van der Waals surface area contributed by atoms with Crippen molar-refractivity contribution in [2.75, 3.05) is 6.16 Å². The van der Waals surface area contributed by atoms with Gasteiger partial charge in [-0.25, -0.2) is 0 Å². The molecule has 1 saturated heterocycles. The molecule has 0 spiro atoms. The molecule has 1 aromatic carbocycles. The summed E-state index contributed by atoms with van der Waals surface area (Å²) >= 11 is 3.51. The Balaban J connectivity index is 2.35. The standard InChI is InChI=1S/C13H19OPSe/c1-10-9-15(16,11(2)8-13(10)14)12-6-4-3-5-7-12/h3-7,10-11,13-14H,8-9H2,1-2H3/t10-,11-,13+,15-/m1/s1. The summed E-state index contributed by atoms with van der Waals surface area (Å²) in [4.78, 5) is 0. The zero-order valence-corrected chi connectivity index (χ0v) is 12.4. The van der Waals surface area contributed by atoms with E-state index in [1.54, 1.807) is 0 Å². The number of benzene rings is 1. The van der Waals surface area contributed by atoms with Gasteiger partial charge in [-0.3, -0.25) is 0 Å². The predicted molar refractivity (Wildman–Crippen MR) is 72.9 cm³/mol. The van der Waals surface area contributed by atoms with Gasteiger partial charge in [0.2, 0.25) is 0 Å². The van der Waals surface area contributed by atoms with Crippen LogP contribution in [0.25, 0.3) is 0 Å². The molecule has 1 N–H and O–H groups in total. The average Bonchev–Trinajstić information content (AvgIpc) is 2.28. The molecule has 0 aliphatic carbocycles. The molecule has 0 unspecified atom stereocenters. The van der Waals surface area contributed by atoms with Crippen LogP contribution < -0.4 is 5.30 Å². The molecule has 0 amide bonds. The summed E-state index contributed by atoms with van der Waals surface area (Å²) in [5, 5.41) is 11.4. The molecule has 1 aromatic rings. The molecule has 4 atom stereocenters. The first-order chi connectivity index (χ1) is 7.54. The van der Waals surface area contributed by atoms with Crippen molar-refractivity contribution in [2.45, 2.75) is 32.0 Å². The summed E-state index contributed by atoms with van der Waals surface area (Å²) in [6.45, 7) is 4.46. The molecule has 0 bridgehead atoms. The zero-order valence-electron chi connectivity index (χ0n) is 9.84. The normalized spacial score (nSPS) is 39.6. The van der Waals surface area contributed by atoms with Gasteiger partial charge in [-0.15, -0.1) is 0 Å². The zero-order chi connectivity index (χ0) is 11.8. The molecule has 1 aliphatic rings. The van der Waals surface area contributed by atoms with E-state index in [-0.39, 0.29) is 6.10 Å². The second-order valence-corrected chi connectivity index (χ2v) is 12.4. The molecule has 88 valence electrons. The van der Waals surface area contributed by atoms with Gasteiger partial charge in [0.25, 0.3) is 0 Å². The summed E-state index contributed by atoms with van der Waals surface area (Å²) in [5.74, 6) is 0.422. The monoisotopic (exact) mass is 302 g/mol. The Hall–Kier alpha value is 0.129. The van der Waals surface area contributed by atoms with E-state index >= 15 is 0 Å². The Kier molecular flexibility index (Phi) is 3.76. The van der Waals surface area contributed by atoms with Crippen LogP contribution in [-0.4, -0.2) is 38.1 Å². The SMILES string of the molecule is C[C@@H]1C[P@](=[Se])(c2ccccc2)[C@H](C)C[C@@H]1O. The number of hydrogen-bond donors (Lipinski definition) is 1. The van der Waals surface area contributed by atoms with Crippen LogP contribution in [0.2, 0.25) is 0 Å². The molecule has 1 fully saturated rings. The first kappa shape index (κ1) is 12.6. The van der Waals surface area contributed by atoms with E-state index in [2.05, 4.69) is 59.3 Å². The minimum atomic E-state index is -1.19. The van der Waals surface area contributed by atoms with E-state index in [4.69, 9.17) is 0 Å². The van der Waals surface area contributed by atoms with E-state index < -0.39 is 5.51 Å². The first-order valence-corrected chi connectivity index (χ1v) is 10.1. The predicted octanol–water partition coefficient (Wildman–Crippen LogP) is 2.20. The van der Waals surface area contributed by atoms with Crippen molar-refractivity contribution in [3.63, 3.8) is 0 Å². The quantitative estimate of drug-likeness (QED) is 0.623. The van der Waals surface area contributed by atoms with Gasteiger partial charge in [0.1, 0.15) is 0 Å². The van der Waals surface area contributed by atoms with E-state index in [0.717, 1.165) is 12.6 Å². The Morgan fingerprint density at radius 3 is 2.50 bits per heavy atom. The second kappa shape index (κ2) is 4.78.